The summed E-state index contributed by atoms with van der Waals surface area (Å²) in [6, 6.07) is 0.157. The zero-order valence-corrected chi connectivity index (χ0v) is 11.5. The van der Waals surface area contributed by atoms with Gasteiger partial charge in [0.1, 0.15) is 0 Å². The van der Waals surface area contributed by atoms with E-state index < -0.39 is 5.79 Å². The molecule has 0 unspecified atom stereocenters. The number of methoxy groups -OCH3 is 1. The van der Waals surface area contributed by atoms with E-state index in [2.05, 4.69) is 10.6 Å². The van der Waals surface area contributed by atoms with Crippen LogP contribution in [0.2, 0.25) is 0 Å². The zero-order chi connectivity index (χ0) is 13.4. The number of carbonyl (C=O) groups excluding carboxylic acids is 1. The lowest BCUT2D eigenvalue weighted by Crippen LogP contribution is -2.49. The lowest BCUT2D eigenvalue weighted by molar-refractivity contribution is -0.252. The van der Waals surface area contributed by atoms with Crippen LogP contribution >= 0.6 is 0 Å². The summed E-state index contributed by atoms with van der Waals surface area (Å²) < 4.78 is 15.9. The van der Waals surface area contributed by atoms with Crippen molar-refractivity contribution >= 4 is 5.91 Å². The lowest BCUT2D eigenvalue weighted by atomic mass is 10.2. The normalized spacial score (nSPS) is 19.7. The predicted octanol–water partition coefficient (Wildman–Crippen LogP) is -0.120. The van der Waals surface area contributed by atoms with Crippen molar-refractivity contribution in [2.45, 2.75) is 32.1 Å². The van der Waals surface area contributed by atoms with Crippen LogP contribution in [0.5, 0.6) is 0 Å². The number of carbonyl (C=O) groups is 1. The summed E-state index contributed by atoms with van der Waals surface area (Å²) in [5.74, 6) is -0.465. The van der Waals surface area contributed by atoms with Crippen LogP contribution in [0.3, 0.4) is 0 Å². The number of rotatable bonds is 7. The van der Waals surface area contributed by atoms with Gasteiger partial charge in [0.05, 0.1) is 25.9 Å². The van der Waals surface area contributed by atoms with E-state index in [-0.39, 0.29) is 11.9 Å². The second-order valence-electron chi connectivity index (χ2n) is 4.77. The lowest BCUT2D eigenvalue weighted by Gasteiger charge is -2.35. The first-order valence-electron chi connectivity index (χ1n) is 6.30. The van der Waals surface area contributed by atoms with E-state index in [0.29, 0.717) is 39.3 Å². The van der Waals surface area contributed by atoms with E-state index in [1.54, 1.807) is 7.11 Å². The van der Waals surface area contributed by atoms with Crippen LogP contribution in [0.25, 0.3) is 0 Å². The van der Waals surface area contributed by atoms with Gasteiger partial charge in [-0.3, -0.25) is 4.79 Å². The number of nitrogens with one attached hydrogen (secondary N) is 2. The van der Waals surface area contributed by atoms with Crippen molar-refractivity contribution in [2.75, 3.05) is 40.0 Å². The Hall–Kier alpha value is -0.690. The second-order valence-corrected chi connectivity index (χ2v) is 4.77. The van der Waals surface area contributed by atoms with Gasteiger partial charge in [-0.05, 0) is 13.8 Å². The molecule has 0 aromatic heterocycles. The largest absolute Gasteiger partial charge is 0.383 e. The molecule has 1 amide bonds. The molecule has 1 aliphatic rings. The maximum Gasteiger partial charge on any atom is 0.221 e. The van der Waals surface area contributed by atoms with Gasteiger partial charge in [-0.2, -0.15) is 0 Å². The molecule has 0 atom stereocenters. The van der Waals surface area contributed by atoms with E-state index in [4.69, 9.17) is 14.2 Å². The van der Waals surface area contributed by atoms with Crippen LogP contribution in [0, 0.1) is 0 Å². The SMILES string of the molecule is COCCNC(=O)CCNC1COC(C)(C)OC1. The smallest absolute Gasteiger partial charge is 0.221 e. The molecule has 6 heteroatoms. The molecule has 1 aliphatic heterocycles. The van der Waals surface area contributed by atoms with E-state index in [0.717, 1.165) is 0 Å². The Kier molecular flexibility index (Phi) is 6.56. The third kappa shape index (κ3) is 6.30. The summed E-state index contributed by atoms with van der Waals surface area (Å²) in [5.41, 5.74) is 0. The number of amides is 1. The number of hydrogen-bond donors (Lipinski definition) is 2. The molecule has 18 heavy (non-hydrogen) atoms. The van der Waals surface area contributed by atoms with Crippen LogP contribution in [0.15, 0.2) is 0 Å². The van der Waals surface area contributed by atoms with Crippen molar-refractivity contribution in [2.24, 2.45) is 0 Å². The molecule has 0 saturated carbocycles. The molecule has 106 valence electrons. The van der Waals surface area contributed by atoms with Crippen LogP contribution in [0.4, 0.5) is 0 Å². The highest BCUT2D eigenvalue weighted by Gasteiger charge is 2.27. The van der Waals surface area contributed by atoms with E-state index in [1.807, 2.05) is 13.8 Å². The van der Waals surface area contributed by atoms with Gasteiger partial charge in [0.2, 0.25) is 5.91 Å². The topological polar surface area (TPSA) is 68.8 Å². The molecule has 0 radical (unpaired) electrons. The molecule has 2 N–H and O–H groups in total. The number of ether oxygens (including phenoxy) is 3. The summed E-state index contributed by atoms with van der Waals surface area (Å²) in [4.78, 5) is 11.4. The summed E-state index contributed by atoms with van der Waals surface area (Å²) in [6.07, 6.45) is 0.448. The molecule has 0 aromatic carbocycles. The monoisotopic (exact) mass is 260 g/mol. The van der Waals surface area contributed by atoms with E-state index in [1.165, 1.54) is 0 Å². The highest BCUT2D eigenvalue weighted by molar-refractivity contribution is 5.76. The first-order chi connectivity index (χ1) is 8.53. The van der Waals surface area contributed by atoms with Crippen LogP contribution in [-0.2, 0) is 19.0 Å². The van der Waals surface area contributed by atoms with Crippen LogP contribution < -0.4 is 10.6 Å². The van der Waals surface area contributed by atoms with Crippen molar-refractivity contribution in [1.29, 1.82) is 0 Å². The Morgan fingerprint density at radius 1 is 1.33 bits per heavy atom. The fourth-order valence-electron chi connectivity index (χ4n) is 1.58. The first kappa shape index (κ1) is 15.4. The Morgan fingerprint density at radius 3 is 2.61 bits per heavy atom. The quantitative estimate of drug-likeness (QED) is 0.625. The molecule has 1 heterocycles. The highest BCUT2D eigenvalue weighted by Crippen LogP contribution is 2.16. The van der Waals surface area contributed by atoms with Gasteiger partial charge in [-0.15, -0.1) is 0 Å². The molecule has 0 aliphatic carbocycles. The van der Waals surface area contributed by atoms with Crippen molar-refractivity contribution in [1.82, 2.24) is 10.6 Å². The van der Waals surface area contributed by atoms with E-state index >= 15 is 0 Å². The molecular formula is C12H24N2O4. The van der Waals surface area contributed by atoms with Gasteiger partial charge >= 0.3 is 0 Å². The van der Waals surface area contributed by atoms with Gasteiger partial charge < -0.3 is 24.8 Å². The zero-order valence-electron chi connectivity index (χ0n) is 11.5. The molecular weight excluding hydrogens is 236 g/mol. The standard InChI is InChI=1S/C12H24N2O4/c1-12(2)17-8-10(9-18-12)13-5-4-11(15)14-6-7-16-3/h10,13H,4-9H2,1-3H3,(H,14,15). The summed E-state index contributed by atoms with van der Waals surface area (Å²) in [7, 11) is 1.61. The van der Waals surface area contributed by atoms with Gasteiger partial charge in [-0.25, -0.2) is 0 Å². The Labute approximate surface area is 108 Å². The second kappa shape index (κ2) is 7.68. The minimum atomic E-state index is -0.490. The average Bonchev–Trinajstić information content (AvgIpc) is 2.32. The molecule has 0 bridgehead atoms. The van der Waals surface area contributed by atoms with E-state index in [9.17, 15) is 4.79 Å². The third-order valence-electron chi connectivity index (χ3n) is 2.68. The molecule has 0 spiro atoms. The van der Waals surface area contributed by atoms with Crippen molar-refractivity contribution in [3.63, 3.8) is 0 Å². The Morgan fingerprint density at radius 2 is 2.00 bits per heavy atom. The maximum atomic E-state index is 11.4. The highest BCUT2D eigenvalue weighted by atomic mass is 16.7. The summed E-state index contributed by atoms with van der Waals surface area (Å²) in [5, 5.41) is 6.01. The van der Waals surface area contributed by atoms with Crippen LogP contribution in [-0.4, -0.2) is 57.8 Å². The van der Waals surface area contributed by atoms with Gasteiger partial charge in [0, 0.05) is 26.6 Å². The Balaban J connectivity index is 2.03. The summed E-state index contributed by atoms with van der Waals surface area (Å²) >= 11 is 0. The Bertz CT molecular complexity index is 248. The van der Waals surface area contributed by atoms with Crippen molar-refractivity contribution < 1.29 is 19.0 Å². The van der Waals surface area contributed by atoms with Gasteiger partial charge in [0.15, 0.2) is 5.79 Å². The molecule has 1 fully saturated rings. The van der Waals surface area contributed by atoms with Crippen LogP contribution in [0.1, 0.15) is 20.3 Å². The minimum Gasteiger partial charge on any atom is -0.383 e. The molecule has 1 rings (SSSR count). The van der Waals surface area contributed by atoms with Crippen molar-refractivity contribution in [3.05, 3.63) is 0 Å². The fourth-order valence-corrected chi connectivity index (χ4v) is 1.58. The predicted molar refractivity (Wildman–Crippen MR) is 67.3 cm³/mol. The van der Waals surface area contributed by atoms with Gasteiger partial charge in [0.25, 0.3) is 0 Å². The maximum absolute atomic E-state index is 11.4. The summed E-state index contributed by atoms with van der Waals surface area (Å²) in [6.45, 7) is 6.73. The fraction of sp³-hybridized carbons (Fsp3) is 0.917. The first-order valence-corrected chi connectivity index (χ1v) is 6.30. The minimum absolute atomic E-state index is 0.0255. The number of hydrogen-bond acceptors (Lipinski definition) is 5. The van der Waals surface area contributed by atoms with Crippen molar-refractivity contribution in [3.8, 4) is 0 Å². The molecule has 1 saturated heterocycles. The molecule has 0 aromatic rings. The average molecular weight is 260 g/mol. The van der Waals surface area contributed by atoms with Gasteiger partial charge in [-0.1, -0.05) is 0 Å². The third-order valence-corrected chi connectivity index (χ3v) is 2.68. The molecule has 6 nitrogen and oxygen atoms in total.